The molecule has 2 heterocycles. The first-order valence-corrected chi connectivity index (χ1v) is 11.7. The van der Waals surface area contributed by atoms with Crippen LogP contribution in [0.5, 0.6) is 0 Å². The van der Waals surface area contributed by atoms with Crippen molar-refractivity contribution in [3.63, 3.8) is 0 Å². The third-order valence-electron chi connectivity index (χ3n) is 5.56. The van der Waals surface area contributed by atoms with E-state index >= 15 is 0 Å². The second-order valence-electron chi connectivity index (χ2n) is 7.75. The number of hydrogen-bond acceptors (Lipinski definition) is 8. The number of aromatic nitrogens is 2. The molecular formula is C20H20ClF5N4O6S. The molecular weight excluding hydrogens is 555 g/mol. The van der Waals surface area contributed by atoms with Crippen LogP contribution < -0.4 is 10.8 Å². The Kier molecular flexibility index (Phi) is 9.17. The summed E-state index contributed by atoms with van der Waals surface area (Å²) in [7, 11) is -4.26. The summed E-state index contributed by atoms with van der Waals surface area (Å²) in [6.07, 6.45) is -4.29. The summed E-state index contributed by atoms with van der Waals surface area (Å²) in [5, 5.41) is 10.5. The SMILES string of the molecule is Cl.O=C(NCC(F)(F)C(F)(F)F)c1cnc(-c2ccc(S(=O)(=O)C3(C(=O)NO)CCOCC3)cc2)cn1. The van der Waals surface area contributed by atoms with E-state index in [2.05, 4.69) is 9.97 Å². The second kappa shape index (κ2) is 11.2. The summed E-state index contributed by atoms with van der Waals surface area (Å²) in [5.74, 6) is -7.51. The van der Waals surface area contributed by atoms with Crippen LogP contribution in [0.25, 0.3) is 11.3 Å². The van der Waals surface area contributed by atoms with Gasteiger partial charge >= 0.3 is 12.1 Å². The maximum Gasteiger partial charge on any atom is 0.455 e. The fourth-order valence-corrected chi connectivity index (χ4v) is 5.37. The van der Waals surface area contributed by atoms with Gasteiger partial charge in [0.05, 0.1) is 29.5 Å². The van der Waals surface area contributed by atoms with Crippen LogP contribution in [0.2, 0.25) is 0 Å². The highest BCUT2D eigenvalue weighted by Crippen LogP contribution is 2.36. The Balaban J connectivity index is 0.00000481. The molecule has 0 atom stereocenters. The Morgan fingerprint density at radius 2 is 1.62 bits per heavy atom. The van der Waals surface area contributed by atoms with Crippen molar-refractivity contribution in [3.8, 4) is 11.3 Å². The summed E-state index contributed by atoms with van der Waals surface area (Å²) in [4.78, 5) is 31.5. The van der Waals surface area contributed by atoms with Gasteiger partial charge in [-0.05, 0) is 25.0 Å². The number of alkyl halides is 5. The molecule has 0 spiro atoms. The number of hydroxylamine groups is 1. The highest BCUT2D eigenvalue weighted by atomic mass is 35.5. The molecule has 0 saturated carbocycles. The molecule has 1 saturated heterocycles. The number of halogens is 6. The van der Waals surface area contributed by atoms with Crippen molar-refractivity contribution < 1.29 is 49.9 Å². The average molecular weight is 575 g/mol. The van der Waals surface area contributed by atoms with E-state index in [0.29, 0.717) is 5.56 Å². The second-order valence-corrected chi connectivity index (χ2v) is 10.0. The highest BCUT2D eigenvalue weighted by molar-refractivity contribution is 7.93. The normalized spacial score (nSPS) is 15.8. The number of nitrogens with zero attached hydrogens (tertiary/aromatic N) is 2. The van der Waals surface area contributed by atoms with E-state index in [1.165, 1.54) is 35.1 Å². The molecule has 0 unspecified atom stereocenters. The standard InChI is InChI=1S/C20H19F5N4O6S.ClH/c21-19(22,20(23,24)25)11-28-16(30)15-10-26-14(9-27-15)12-1-3-13(4-2-12)36(33,34)18(17(31)29-32)5-7-35-8-6-18;/h1-4,9-10,32H,5-8,11H2,(H,28,30)(H,29,31);1H. The Bertz CT molecular complexity index is 1220. The summed E-state index contributed by atoms with van der Waals surface area (Å²) in [6.45, 7) is -1.99. The fourth-order valence-electron chi connectivity index (χ4n) is 3.43. The Morgan fingerprint density at radius 3 is 2.11 bits per heavy atom. The van der Waals surface area contributed by atoms with Crippen molar-refractivity contribution >= 4 is 34.1 Å². The lowest BCUT2D eigenvalue weighted by atomic mass is 9.98. The van der Waals surface area contributed by atoms with Crippen LogP contribution in [-0.2, 0) is 19.4 Å². The number of rotatable bonds is 7. The van der Waals surface area contributed by atoms with Crippen LogP contribution in [-0.4, -0.2) is 72.0 Å². The maximum atomic E-state index is 13.2. The minimum atomic E-state index is -5.83. The van der Waals surface area contributed by atoms with Gasteiger partial charge in [-0.1, -0.05) is 12.1 Å². The summed E-state index contributed by atoms with van der Waals surface area (Å²) in [5.41, 5.74) is 1.34. The number of carbonyl (C=O) groups is 2. The molecule has 1 aromatic carbocycles. The fraction of sp³-hybridized carbons (Fsp3) is 0.400. The number of carbonyl (C=O) groups excluding carboxylic acids is 2. The number of amides is 2. The largest absolute Gasteiger partial charge is 0.455 e. The number of benzene rings is 1. The van der Waals surface area contributed by atoms with Gasteiger partial charge in [0, 0.05) is 18.8 Å². The van der Waals surface area contributed by atoms with Crippen molar-refractivity contribution in [2.45, 2.75) is 34.6 Å². The van der Waals surface area contributed by atoms with Crippen molar-refractivity contribution in [1.82, 2.24) is 20.8 Å². The highest BCUT2D eigenvalue weighted by Gasteiger charge is 2.57. The van der Waals surface area contributed by atoms with E-state index < -0.39 is 50.7 Å². The van der Waals surface area contributed by atoms with Gasteiger partial charge in [-0.2, -0.15) is 22.0 Å². The van der Waals surface area contributed by atoms with E-state index in [1.807, 2.05) is 0 Å². The first-order chi connectivity index (χ1) is 16.7. The Morgan fingerprint density at radius 1 is 1.03 bits per heavy atom. The van der Waals surface area contributed by atoms with Crippen molar-refractivity contribution in [2.75, 3.05) is 19.8 Å². The minimum absolute atomic E-state index is 0. The number of hydrogen-bond donors (Lipinski definition) is 3. The van der Waals surface area contributed by atoms with Crippen LogP contribution in [0, 0.1) is 0 Å². The predicted octanol–water partition coefficient (Wildman–Crippen LogP) is 2.32. The zero-order chi connectivity index (χ0) is 26.8. The zero-order valence-electron chi connectivity index (χ0n) is 18.6. The molecule has 0 aliphatic carbocycles. The summed E-state index contributed by atoms with van der Waals surface area (Å²) >= 11 is 0. The van der Waals surface area contributed by atoms with Crippen molar-refractivity contribution in [1.29, 1.82) is 0 Å². The monoisotopic (exact) mass is 574 g/mol. The lowest BCUT2D eigenvalue weighted by Gasteiger charge is -2.34. The van der Waals surface area contributed by atoms with Gasteiger partial charge in [-0.25, -0.2) is 18.9 Å². The van der Waals surface area contributed by atoms with E-state index in [9.17, 15) is 40.0 Å². The lowest BCUT2D eigenvalue weighted by molar-refractivity contribution is -0.278. The summed E-state index contributed by atoms with van der Waals surface area (Å²) in [6, 6.07) is 5.08. The van der Waals surface area contributed by atoms with Gasteiger partial charge in [-0.15, -0.1) is 12.4 Å². The van der Waals surface area contributed by atoms with Gasteiger partial charge in [0.25, 0.3) is 11.8 Å². The number of nitrogens with one attached hydrogen (secondary N) is 2. The molecule has 1 aliphatic rings. The number of ether oxygens (including phenoxy) is 1. The van der Waals surface area contributed by atoms with Crippen LogP contribution in [0.1, 0.15) is 23.3 Å². The van der Waals surface area contributed by atoms with E-state index in [1.54, 1.807) is 0 Å². The van der Waals surface area contributed by atoms with E-state index in [4.69, 9.17) is 9.94 Å². The molecule has 2 amide bonds. The Hall–Kier alpha value is -2.95. The molecule has 1 fully saturated rings. The van der Waals surface area contributed by atoms with E-state index in [0.717, 1.165) is 12.4 Å². The van der Waals surface area contributed by atoms with Gasteiger partial charge in [0.15, 0.2) is 14.6 Å². The molecule has 0 radical (unpaired) electrons. The molecule has 1 aliphatic heterocycles. The van der Waals surface area contributed by atoms with Crippen molar-refractivity contribution in [2.24, 2.45) is 0 Å². The van der Waals surface area contributed by atoms with Crippen LogP contribution in [0.3, 0.4) is 0 Å². The number of sulfone groups is 1. The Labute approximate surface area is 212 Å². The summed E-state index contributed by atoms with van der Waals surface area (Å²) < 4.78 is 92.3. The molecule has 3 N–H and O–H groups in total. The third-order valence-corrected chi connectivity index (χ3v) is 8.08. The molecule has 0 bridgehead atoms. The maximum absolute atomic E-state index is 13.2. The van der Waals surface area contributed by atoms with E-state index in [-0.39, 0.29) is 49.1 Å². The van der Waals surface area contributed by atoms with Crippen LogP contribution >= 0.6 is 12.4 Å². The first-order valence-electron chi connectivity index (χ1n) is 10.2. The zero-order valence-corrected chi connectivity index (χ0v) is 20.2. The van der Waals surface area contributed by atoms with Gasteiger partial charge in [0.1, 0.15) is 5.69 Å². The molecule has 3 rings (SSSR count). The van der Waals surface area contributed by atoms with Crippen LogP contribution in [0.4, 0.5) is 22.0 Å². The topological polar surface area (TPSA) is 148 Å². The average Bonchev–Trinajstić information content (AvgIpc) is 2.86. The smallest absolute Gasteiger partial charge is 0.381 e. The van der Waals surface area contributed by atoms with Gasteiger partial charge < -0.3 is 10.1 Å². The molecule has 1 aromatic heterocycles. The molecule has 37 heavy (non-hydrogen) atoms. The molecule has 17 heteroatoms. The van der Waals surface area contributed by atoms with Gasteiger partial charge in [-0.3, -0.25) is 19.8 Å². The lowest BCUT2D eigenvalue weighted by Crippen LogP contribution is -2.54. The first kappa shape index (κ1) is 30.3. The van der Waals surface area contributed by atoms with Gasteiger partial charge in [0.2, 0.25) is 0 Å². The van der Waals surface area contributed by atoms with Crippen LogP contribution in [0.15, 0.2) is 41.6 Å². The third kappa shape index (κ3) is 5.97. The minimum Gasteiger partial charge on any atom is -0.381 e. The molecule has 204 valence electrons. The molecule has 10 nitrogen and oxygen atoms in total. The quantitative estimate of drug-likeness (QED) is 0.259. The van der Waals surface area contributed by atoms with Crippen molar-refractivity contribution in [3.05, 3.63) is 42.4 Å². The molecule has 2 aromatic rings. The predicted molar refractivity (Wildman–Crippen MR) is 118 cm³/mol.